The fourth-order valence-corrected chi connectivity index (χ4v) is 3.45. The Morgan fingerprint density at radius 1 is 1.08 bits per heavy atom. The van der Waals surface area contributed by atoms with Crippen molar-refractivity contribution in [3.05, 3.63) is 70.2 Å². The fourth-order valence-electron chi connectivity index (χ4n) is 2.51. The number of para-hydroxylation sites is 2. The van der Waals surface area contributed by atoms with E-state index in [0.29, 0.717) is 11.1 Å². The monoisotopic (exact) mass is 346 g/mol. The SMILES string of the molecule is Cc1ccccc1CNS(=O)(=O)CCn1c(=O)oc2ccccc21. The maximum absolute atomic E-state index is 12.2. The average molecular weight is 346 g/mol. The van der Waals surface area contributed by atoms with Crippen LogP contribution in [0.3, 0.4) is 0 Å². The zero-order valence-electron chi connectivity index (χ0n) is 13.2. The van der Waals surface area contributed by atoms with Crippen LogP contribution in [0.4, 0.5) is 0 Å². The van der Waals surface area contributed by atoms with Crippen LogP contribution in [-0.4, -0.2) is 18.7 Å². The van der Waals surface area contributed by atoms with E-state index in [2.05, 4.69) is 4.72 Å². The summed E-state index contributed by atoms with van der Waals surface area (Å²) in [5.74, 6) is -0.743. The van der Waals surface area contributed by atoms with E-state index in [-0.39, 0.29) is 18.8 Å². The van der Waals surface area contributed by atoms with Crippen LogP contribution >= 0.6 is 0 Å². The molecule has 2 aromatic carbocycles. The molecule has 0 aliphatic carbocycles. The standard InChI is InChI=1S/C17H18N2O4S/c1-13-6-2-3-7-14(13)12-18-24(21,22)11-10-19-15-8-4-5-9-16(15)23-17(19)20/h2-9,18H,10-12H2,1H3. The minimum Gasteiger partial charge on any atom is -0.408 e. The molecule has 0 atom stereocenters. The zero-order valence-corrected chi connectivity index (χ0v) is 14.0. The molecule has 3 aromatic rings. The molecule has 0 saturated carbocycles. The Labute approximate surface area is 139 Å². The van der Waals surface area contributed by atoms with Gasteiger partial charge in [-0.2, -0.15) is 0 Å². The summed E-state index contributed by atoms with van der Waals surface area (Å²) >= 11 is 0. The highest BCUT2D eigenvalue weighted by molar-refractivity contribution is 7.89. The van der Waals surface area contributed by atoms with Gasteiger partial charge in [-0.3, -0.25) is 4.57 Å². The second kappa shape index (κ2) is 6.62. The number of hydrogen-bond donors (Lipinski definition) is 1. The summed E-state index contributed by atoms with van der Waals surface area (Å²) in [6, 6.07) is 14.5. The molecule has 7 heteroatoms. The predicted octanol–water partition coefficient (Wildman–Crippen LogP) is 2.02. The van der Waals surface area contributed by atoms with Crippen LogP contribution in [0.25, 0.3) is 11.1 Å². The molecule has 24 heavy (non-hydrogen) atoms. The van der Waals surface area contributed by atoms with Gasteiger partial charge in [-0.15, -0.1) is 0 Å². The molecular formula is C17H18N2O4S. The molecule has 0 amide bonds. The van der Waals surface area contributed by atoms with E-state index in [4.69, 9.17) is 4.42 Å². The van der Waals surface area contributed by atoms with Gasteiger partial charge in [0, 0.05) is 13.1 Å². The van der Waals surface area contributed by atoms with E-state index in [1.54, 1.807) is 24.3 Å². The highest BCUT2D eigenvalue weighted by Gasteiger charge is 2.14. The Kier molecular flexibility index (Phi) is 4.55. The molecule has 0 aliphatic heterocycles. The molecule has 0 saturated heterocycles. The van der Waals surface area contributed by atoms with Crippen LogP contribution in [0.5, 0.6) is 0 Å². The van der Waals surface area contributed by atoms with Crippen molar-refractivity contribution in [3.63, 3.8) is 0 Å². The van der Waals surface area contributed by atoms with E-state index in [1.165, 1.54) is 4.57 Å². The molecule has 0 unspecified atom stereocenters. The summed E-state index contributed by atoms with van der Waals surface area (Å²) in [4.78, 5) is 11.9. The lowest BCUT2D eigenvalue weighted by molar-refractivity contribution is 0.510. The number of aromatic nitrogens is 1. The quantitative estimate of drug-likeness (QED) is 0.740. The van der Waals surface area contributed by atoms with Crippen LogP contribution in [0.1, 0.15) is 11.1 Å². The first-order chi connectivity index (χ1) is 11.5. The number of rotatable bonds is 6. The van der Waals surface area contributed by atoms with Gasteiger partial charge in [0.15, 0.2) is 5.58 Å². The lowest BCUT2D eigenvalue weighted by Crippen LogP contribution is -2.30. The summed E-state index contributed by atoms with van der Waals surface area (Å²) in [5, 5.41) is 0. The minimum absolute atomic E-state index is 0.0406. The zero-order chi connectivity index (χ0) is 17.2. The van der Waals surface area contributed by atoms with Crippen molar-refractivity contribution in [3.8, 4) is 0 Å². The third-order valence-electron chi connectivity index (χ3n) is 3.90. The van der Waals surface area contributed by atoms with Crippen molar-refractivity contribution in [2.45, 2.75) is 20.0 Å². The second-order valence-electron chi connectivity index (χ2n) is 5.55. The average Bonchev–Trinajstić information content (AvgIpc) is 2.87. The van der Waals surface area contributed by atoms with Crippen molar-refractivity contribution >= 4 is 21.1 Å². The van der Waals surface area contributed by atoms with Crippen molar-refractivity contribution in [2.24, 2.45) is 0 Å². The first-order valence-corrected chi connectivity index (χ1v) is 9.22. The van der Waals surface area contributed by atoms with Gasteiger partial charge in [-0.05, 0) is 30.2 Å². The topological polar surface area (TPSA) is 81.3 Å². The molecule has 0 spiro atoms. The molecule has 1 aromatic heterocycles. The summed E-state index contributed by atoms with van der Waals surface area (Å²) in [5.41, 5.74) is 2.99. The van der Waals surface area contributed by atoms with E-state index < -0.39 is 15.8 Å². The number of sulfonamides is 1. The maximum atomic E-state index is 12.2. The van der Waals surface area contributed by atoms with Crippen LogP contribution in [0, 0.1) is 6.92 Å². The van der Waals surface area contributed by atoms with Crippen molar-refractivity contribution in [1.29, 1.82) is 0 Å². The lowest BCUT2D eigenvalue weighted by Gasteiger charge is -2.09. The highest BCUT2D eigenvalue weighted by atomic mass is 32.2. The van der Waals surface area contributed by atoms with Gasteiger partial charge in [0.25, 0.3) is 0 Å². The third kappa shape index (κ3) is 3.58. The number of fused-ring (bicyclic) bond motifs is 1. The Bertz CT molecular complexity index is 1020. The largest absolute Gasteiger partial charge is 0.419 e. The number of hydrogen-bond acceptors (Lipinski definition) is 4. The van der Waals surface area contributed by atoms with E-state index in [9.17, 15) is 13.2 Å². The van der Waals surface area contributed by atoms with Gasteiger partial charge < -0.3 is 4.42 Å². The Morgan fingerprint density at radius 2 is 1.79 bits per heavy atom. The predicted molar refractivity (Wildman–Crippen MR) is 92.3 cm³/mol. The van der Waals surface area contributed by atoms with Crippen molar-refractivity contribution in [2.75, 3.05) is 5.75 Å². The van der Waals surface area contributed by atoms with Gasteiger partial charge in [-0.25, -0.2) is 17.9 Å². The summed E-state index contributed by atoms with van der Waals surface area (Å²) in [6.45, 7) is 2.20. The van der Waals surface area contributed by atoms with Crippen LogP contribution < -0.4 is 10.5 Å². The Morgan fingerprint density at radius 3 is 2.58 bits per heavy atom. The van der Waals surface area contributed by atoms with Gasteiger partial charge in [-0.1, -0.05) is 36.4 Å². The number of aryl methyl sites for hydroxylation is 2. The Balaban J connectivity index is 1.70. The maximum Gasteiger partial charge on any atom is 0.419 e. The molecule has 1 N–H and O–H groups in total. The summed E-state index contributed by atoms with van der Waals surface area (Å²) in [6.07, 6.45) is 0. The number of nitrogens with zero attached hydrogens (tertiary/aromatic N) is 1. The van der Waals surface area contributed by atoms with Crippen LogP contribution in [0.2, 0.25) is 0 Å². The molecule has 126 valence electrons. The molecule has 0 bridgehead atoms. The molecule has 0 aliphatic rings. The molecular weight excluding hydrogens is 328 g/mol. The number of nitrogens with one attached hydrogen (secondary N) is 1. The molecule has 0 fully saturated rings. The van der Waals surface area contributed by atoms with Gasteiger partial charge in [0.2, 0.25) is 10.0 Å². The minimum atomic E-state index is -3.51. The first kappa shape index (κ1) is 16.5. The number of benzene rings is 2. The molecule has 0 radical (unpaired) electrons. The van der Waals surface area contributed by atoms with Gasteiger partial charge in [0.1, 0.15) is 0 Å². The summed E-state index contributed by atoms with van der Waals surface area (Å²) < 4.78 is 33.4. The van der Waals surface area contributed by atoms with Crippen LogP contribution in [0.15, 0.2) is 57.7 Å². The molecule has 1 heterocycles. The first-order valence-electron chi connectivity index (χ1n) is 7.56. The van der Waals surface area contributed by atoms with Gasteiger partial charge in [0.05, 0.1) is 11.3 Å². The van der Waals surface area contributed by atoms with Crippen molar-refractivity contribution in [1.82, 2.24) is 9.29 Å². The normalized spacial score (nSPS) is 11.9. The summed E-state index contributed by atoms with van der Waals surface area (Å²) in [7, 11) is -3.51. The van der Waals surface area contributed by atoms with Crippen LogP contribution in [-0.2, 0) is 23.1 Å². The molecule has 3 rings (SSSR count). The molecule has 6 nitrogen and oxygen atoms in total. The number of oxazole rings is 1. The van der Waals surface area contributed by atoms with Crippen molar-refractivity contribution < 1.29 is 12.8 Å². The third-order valence-corrected chi connectivity index (χ3v) is 5.21. The fraction of sp³-hybridized carbons (Fsp3) is 0.235. The second-order valence-corrected chi connectivity index (χ2v) is 7.48. The van der Waals surface area contributed by atoms with E-state index in [0.717, 1.165) is 11.1 Å². The highest BCUT2D eigenvalue weighted by Crippen LogP contribution is 2.12. The van der Waals surface area contributed by atoms with Gasteiger partial charge >= 0.3 is 5.76 Å². The van der Waals surface area contributed by atoms with E-state index in [1.807, 2.05) is 31.2 Å². The van der Waals surface area contributed by atoms with E-state index >= 15 is 0 Å². The lowest BCUT2D eigenvalue weighted by atomic mass is 10.1. The smallest absolute Gasteiger partial charge is 0.408 e. The Hall–Kier alpha value is -2.38.